The zero-order valence-corrected chi connectivity index (χ0v) is 15.8. The molecule has 4 rings (SSSR count). The van der Waals surface area contributed by atoms with Gasteiger partial charge in [0, 0.05) is 31.4 Å². The van der Waals surface area contributed by atoms with Crippen LogP contribution in [0, 0.1) is 13.8 Å². The fourth-order valence-corrected chi connectivity index (χ4v) is 3.73. The highest BCUT2D eigenvalue weighted by Crippen LogP contribution is 2.19. The van der Waals surface area contributed by atoms with Crippen LogP contribution in [-0.2, 0) is 20.0 Å². The van der Waals surface area contributed by atoms with Crippen LogP contribution in [0.1, 0.15) is 40.3 Å². The average Bonchev–Trinajstić information content (AvgIpc) is 2.79. The number of carbonyl (C=O) groups is 1. The van der Waals surface area contributed by atoms with Gasteiger partial charge >= 0.3 is 5.69 Å². The minimum atomic E-state index is -0.110. The Bertz CT molecular complexity index is 1100. The molecule has 1 N–H and O–H groups in total. The van der Waals surface area contributed by atoms with Crippen molar-refractivity contribution in [1.29, 1.82) is 0 Å². The van der Waals surface area contributed by atoms with Gasteiger partial charge in [0.25, 0.3) is 5.91 Å². The number of nitrogens with zero attached hydrogens (tertiary/aromatic N) is 4. The zero-order chi connectivity index (χ0) is 19.1. The molecule has 27 heavy (non-hydrogen) atoms. The van der Waals surface area contributed by atoms with E-state index in [0.717, 1.165) is 34.4 Å². The molecule has 3 aromatic rings. The Labute approximate surface area is 157 Å². The zero-order valence-electron chi connectivity index (χ0n) is 15.8. The molecule has 0 spiro atoms. The van der Waals surface area contributed by atoms with E-state index in [1.165, 1.54) is 4.68 Å². The normalized spacial score (nSPS) is 16.8. The Morgan fingerprint density at radius 1 is 1.22 bits per heavy atom. The number of aryl methyl sites for hydroxylation is 4. The van der Waals surface area contributed by atoms with Crippen LogP contribution >= 0.6 is 0 Å². The molecule has 0 fully saturated rings. The number of fused-ring (bicyclic) bond motifs is 2. The first-order valence-corrected chi connectivity index (χ1v) is 9.24. The summed E-state index contributed by atoms with van der Waals surface area (Å²) < 4.78 is 3.08. The average molecular weight is 365 g/mol. The summed E-state index contributed by atoms with van der Waals surface area (Å²) in [4.78, 5) is 29.5. The van der Waals surface area contributed by atoms with E-state index >= 15 is 0 Å². The van der Waals surface area contributed by atoms with Gasteiger partial charge < -0.3 is 5.32 Å². The second kappa shape index (κ2) is 6.64. The molecule has 140 valence electrons. The van der Waals surface area contributed by atoms with Crippen LogP contribution in [0.15, 0.2) is 29.1 Å². The van der Waals surface area contributed by atoms with Gasteiger partial charge in [-0.2, -0.15) is 5.10 Å². The summed E-state index contributed by atoms with van der Waals surface area (Å²) in [6, 6.07) is 7.97. The third-order valence-electron chi connectivity index (χ3n) is 5.24. The highest BCUT2D eigenvalue weighted by Gasteiger charge is 2.22. The largest absolute Gasteiger partial charge is 0.349 e. The van der Waals surface area contributed by atoms with Gasteiger partial charge in [-0.15, -0.1) is 0 Å². The van der Waals surface area contributed by atoms with Gasteiger partial charge in [0.15, 0.2) is 0 Å². The van der Waals surface area contributed by atoms with Gasteiger partial charge in [0.1, 0.15) is 5.82 Å². The van der Waals surface area contributed by atoms with E-state index in [1.54, 1.807) is 11.6 Å². The van der Waals surface area contributed by atoms with Crippen LogP contribution in [0.3, 0.4) is 0 Å². The third-order valence-corrected chi connectivity index (χ3v) is 5.24. The third kappa shape index (κ3) is 3.25. The van der Waals surface area contributed by atoms with Crippen molar-refractivity contribution in [2.75, 3.05) is 0 Å². The summed E-state index contributed by atoms with van der Waals surface area (Å²) in [6.07, 6.45) is 2.15. The number of pyridine rings is 1. The lowest BCUT2D eigenvalue weighted by Crippen LogP contribution is -2.36. The SMILES string of the molecule is Cc1ccc2nc(C)c(C(=O)NC3CCc4nn(C)c(=O)n4CC3)cc2c1. The van der Waals surface area contributed by atoms with E-state index in [9.17, 15) is 9.59 Å². The molecule has 3 heterocycles. The first-order valence-electron chi connectivity index (χ1n) is 9.24. The molecule has 0 aliphatic carbocycles. The van der Waals surface area contributed by atoms with Gasteiger partial charge in [0.05, 0.1) is 16.8 Å². The Hall–Kier alpha value is -2.96. The fourth-order valence-electron chi connectivity index (χ4n) is 3.73. The minimum Gasteiger partial charge on any atom is -0.349 e. The van der Waals surface area contributed by atoms with Crippen LogP contribution < -0.4 is 11.0 Å². The number of aromatic nitrogens is 4. The molecule has 1 aromatic carbocycles. The van der Waals surface area contributed by atoms with Gasteiger partial charge in [-0.05, 0) is 44.9 Å². The summed E-state index contributed by atoms with van der Waals surface area (Å²) >= 11 is 0. The predicted molar refractivity (Wildman–Crippen MR) is 103 cm³/mol. The predicted octanol–water partition coefficient (Wildman–Crippen LogP) is 1.88. The number of rotatable bonds is 2. The standard InChI is InChI=1S/C20H23N5O2/c1-12-4-6-17-14(10-12)11-16(13(2)21-17)19(26)22-15-5-7-18-23-24(3)20(27)25(18)9-8-15/h4,6,10-11,15H,5,7-9H2,1-3H3,(H,22,26). The first kappa shape index (κ1) is 17.5. The van der Waals surface area contributed by atoms with Crippen molar-refractivity contribution in [3.63, 3.8) is 0 Å². The molecule has 7 heteroatoms. The summed E-state index contributed by atoms with van der Waals surface area (Å²) in [5.41, 5.74) is 3.26. The smallest absolute Gasteiger partial charge is 0.345 e. The lowest BCUT2D eigenvalue weighted by Gasteiger charge is -2.17. The van der Waals surface area contributed by atoms with Crippen molar-refractivity contribution in [3.05, 3.63) is 57.4 Å². The van der Waals surface area contributed by atoms with Crippen molar-refractivity contribution < 1.29 is 4.79 Å². The molecule has 1 atom stereocenters. The number of amides is 1. The molecule has 1 aliphatic heterocycles. The van der Waals surface area contributed by atoms with Crippen LogP contribution in [-0.4, -0.2) is 31.3 Å². The van der Waals surface area contributed by atoms with Crippen molar-refractivity contribution >= 4 is 16.8 Å². The molecule has 0 saturated carbocycles. The topological polar surface area (TPSA) is 81.8 Å². The second-order valence-electron chi connectivity index (χ2n) is 7.29. The summed E-state index contributed by atoms with van der Waals surface area (Å²) in [5.74, 6) is 0.680. The Morgan fingerprint density at radius 3 is 2.85 bits per heavy atom. The van der Waals surface area contributed by atoms with Crippen LogP contribution in [0.25, 0.3) is 10.9 Å². The number of benzene rings is 1. The minimum absolute atomic E-state index is 0.0107. The number of nitrogens with one attached hydrogen (secondary N) is 1. The maximum Gasteiger partial charge on any atom is 0.345 e. The van der Waals surface area contributed by atoms with E-state index < -0.39 is 0 Å². The molecule has 1 unspecified atom stereocenters. The molecule has 1 aliphatic rings. The van der Waals surface area contributed by atoms with Gasteiger partial charge in [-0.25, -0.2) is 9.48 Å². The molecule has 0 bridgehead atoms. The summed E-state index contributed by atoms with van der Waals surface area (Å²) in [6.45, 7) is 4.46. The van der Waals surface area contributed by atoms with E-state index in [0.29, 0.717) is 24.9 Å². The van der Waals surface area contributed by atoms with E-state index in [1.807, 2.05) is 38.1 Å². The number of hydrogen-bond donors (Lipinski definition) is 1. The molecule has 0 radical (unpaired) electrons. The molecule has 7 nitrogen and oxygen atoms in total. The first-order chi connectivity index (χ1) is 12.9. The summed E-state index contributed by atoms with van der Waals surface area (Å²) in [5, 5.41) is 8.38. The number of hydrogen-bond acceptors (Lipinski definition) is 4. The summed E-state index contributed by atoms with van der Waals surface area (Å²) in [7, 11) is 1.67. The van der Waals surface area contributed by atoms with Crippen LogP contribution in [0.4, 0.5) is 0 Å². The Morgan fingerprint density at radius 2 is 2.04 bits per heavy atom. The van der Waals surface area contributed by atoms with Gasteiger partial charge in [-0.3, -0.25) is 14.3 Å². The highest BCUT2D eigenvalue weighted by molar-refractivity contribution is 5.98. The molecule has 1 amide bonds. The Kier molecular flexibility index (Phi) is 4.30. The molecule has 0 saturated heterocycles. The number of carbonyl (C=O) groups excluding carboxylic acids is 1. The van der Waals surface area contributed by atoms with Gasteiger partial charge in [0.2, 0.25) is 0 Å². The quantitative estimate of drug-likeness (QED) is 0.752. The van der Waals surface area contributed by atoms with Crippen LogP contribution in [0.2, 0.25) is 0 Å². The van der Waals surface area contributed by atoms with Gasteiger partial charge in [-0.1, -0.05) is 11.6 Å². The van der Waals surface area contributed by atoms with E-state index in [-0.39, 0.29) is 17.6 Å². The fraction of sp³-hybridized carbons (Fsp3) is 0.400. The monoisotopic (exact) mass is 365 g/mol. The maximum atomic E-state index is 12.9. The van der Waals surface area contributed by atoms with Crippen molar-refractivity contribution in [2.45, 2.75) is 45.7 Å². The molecular formula is C20H23N5O2. The lowest BCUT2D eigenvalue weighted by molar-refractivity contribution is 0.0932. The van der Waals surface area contributed by atoms with Crippen molar-refractivity contribution in [3.8, 4) is 0 Å². The highest BCUT2D eigenvalue weighted by atomic mass is 16.2. The van der Waals surface area contributed by atoms with Crippen molar-refractivity contribution in [1.82, 2.24) is 24.6 Å². The van der Waals surface area contributed by atoms with Crippen molar-refractivity contribution in [2.24, 2.45) is 7.05 Å². The van der Waals surface area contributed by atoms with E-state index in [4.69, 9.17) is 0 Å². The molecule has 2 aromatic heterocycles. The van der Waals surface area contributed by atoms with Crippen LogP contribution in [0.5, 0.6) is 0 Å². The Balaban J connectivity index is 1.53. The molecular weight excluding hydrogens is 342 g/mol. The van der Waals surface area contributed by atoms with E-state index in [2.05, 4.69) is 15.4 Å². The lowest BCUT2D eigenvalue weighted by atomic mass is 10.1. The maximum absolute atomic E-state index is 12.9. The second-order valence-corrected chi connectivity index (χ2v) is 7.29.